The first kappa shape index (κ1) is 12.7. The molecule has 1 N–H and O–H groups in total. The van der Waals surface area contributed by atoms with E-state index < -0.39 is 0 Å². The molecule has 0 amide bonds. The molecule has 3 heteroatoms. The van der Waals surface area contributed by atoms with E-state index in [1.165, 1.54) is 49.9 Å². The Morgan fingerprint density at radius 2 is 2.25 bits per heavy atom. The van der Waals surface area contributed by atoms with Crippen molar-refractivity contribution in [2.24, 2.45) is 0 Å². The Labute approximate surface area is 121 Å². The Morgan fingerprint density at radius 1 is 1.25 bits per heavy atom. The largest absolute Gasteiger partial charge is 0.493 e. The van der Waals surface area contributed by atoms with Crippen LogP contribution < -0.4 is 10.1 Å². The minimum Gasteiger partial charge on any atom is -0.493 e. The van der Waals surface area contributed by atoms with Gasteiger partial charge >= 0.3 is 0 Å². The van der Waals surface area contributed by atoms with Gasteiger partial charge in [-0.25, -0.2) is 0 Å². The van der Waals surface area contributed by atoms with E-state index in [0.29, 0.717) is 6.04 Å². The first-order valence-corrected chi connectivity index (χ1v) is 8.10. The van der Waals surface area contributed by atoms with Crippen molar-refractivity contribution in [2.75, 3.05) is 19.7 Å². The Hall–Kier alpha value is -1.06. The minimum atomic E-state index is 0.707. The third-order valence-electron chi connectivity index (χ3n) is 5.17. The molecular formula is C17H24N2O. The van der Waals surface area contributed by atoms with Crippen LogP contribution in [0.2, 0.25) is 0 Å². The van der Waals surface area contributed by atoms with Crippen LogP contribution in [0.5, 0.6) is 5.75 Å². The molecule has 1 aromatic carbocycles. The second-order valence-electron chi connectivity index (χ2n) is 6.47. The molecule has 4 rings (SSSR count). The lowest BCUT2D eigenvalue weighted by molar-refractivity contribution is 0.166. The van der Waals surface area contributed by atoms with Crippen molar-refractivity contribution in [1.29, 1.82) is 0 Å². The summed E-state index contributed by atoms with van der Waals surface area (Å²) in [6.07, 6.45) is 6.54. The number of ether oxygens (including phenoxy) is 1. The second kappa shape index (κ2) is 5.38. The summed E-state index contributed by atoms with van der Waals surface area (Å²) < 4.78 is 5.57. The van der Waals surface area contributed by atoms with E-state index in [9.17, 15) is 0 Å². The van der Waals surface area contributed by atoms with Crippen LogP contribution in [-0.4, -0.2) is 36.7 Å². The van der Waals surface area contributed by atoms with E-state index in [0.717, 1.165) is 31.4 Å². The third kappa shape index (κ3) is 2.45. The van der Waals surface area contributed by atoms with Crippen LogP contribution in [0, 0.1) is 0 Å². The molecule has 3 aliphatic rings. The minimum absolute atomic E-state index is 0.707. The average Bonchev–Trinajstić information content (AvgIpc) is 3.12. The van der Waals surface area contributed by atoms with Crippen LogP contribution >= 0.6 is 0 Å². The fraction of sp³-hybridized carbons (Fsp3) is 0.647. The Balaban J connectivity index is 1.34. The van der Waals surface area contributed by atoms with E-state index in [4.69, 9.17) is 4.74 Å². The number of fused-ring (bicyclic) bond motifs is 2. The topological polar surface area (TPSA) is 24.5 Å². The van der Waals surface area contributed by atoms with Crippen LogP contribution in [0.1, 0.15) is 36.8 Å². The molecule has 3 heterocycles. The number of rotatable bonds is 3. The Morgan fingerprint density at radius 3 is 3.25 bits per heavy atom. The maximum atomic E-state index is 5.57. The van der Waals surface area contributed by atoms with Crippen molar-refractivity contribution < 1.29 is 4.74 Å². The number of hydrogen-bond donors (Lipinski definition) is 1. The van der Waals surface area contributed by atoms with E-state index in [2.05, 4.69) is 28.4 Å². The zero-order valence-corrected chi connectivity index (χ0v) is 12.1. The fourth-order valence-electron chi connectivity index (χ4n) is 4.02. The van der Waals surface area contributed by atoms with E-state index in [1.807, 2.05) is 0 Å². The molecule has 1 aromatic rings. The van der Waals surface area contributed by atoms with E-state index in [-0.39, 0.29) is 0 Å². The number of benzene rings is 1. The summed E-state index contributed by atoms with van der Waals surface area (Å²) >= 11 is 0. The molecule has 3 aliphatic heterocycles. The molecular weight excluding hydrogens is 248 g/mol. The summed E-state index contributed by atoms with van der Waals surface area (Å²) in [4.78, 5) is 2.69. The van der Waals surface area contributed by atoms with Crippen molar-refractivity contribution in [1.82, 2.24) is 10.2 Å². The molecule has 0 saturated carbocycles. The van der Waals surface area contributed by atoms with Crippen molar-refractivity contribution in [3.05, 3.63) is 29.3 Å². The highest BCUT2D eigenvalue weighted by atomic mass is 16.5. The number of hydrogen-bond acceptors (Lipinski definition) is 3. The Bertz CT molecular complexity index is 488. The van der Waals surface area contributed by atoms with Gasteiger partial charge in [0.25, 0.3) is 0 Å². The van der Waals surface area contributed by atoms with Gasteiger partial charge in [0.15, 0.2) is 0 Å². The van der Waals surface area contributed by atoms with Gasteiger partial charge in [0.05, 0.1) is 6.61 Å². The maximum absolute atomic E-state index is 5.57. The normalized spacial score (nSPS) is 29.0. The monoisotopic (exact) mass is 272 g/mol. The van der Waals surface area contributed by atoms with Gasteiger partial charge in [-0.2, -0.15) is 0 Å². The van der Waals surface area contributed by atoms with Gasteiger partial charge in [0.1, 0.15) is 5.75 Å². The van der Waals surface area contributed by atoms with Crippen LogP contribution in [0.4, 0.5) is 0 Å². The van der Waals surface area contributed by atoms with Crippen molar-refractivity contribution in [3.63, 3.8) is 0 Å². The molecule has 20 heavy (non-hydrogen) atoms. The van der Waals surface area contributed by atoms with Gasteiger partial charge in [-0.3, -0.25) is 0 Å². The highest BCUT2D eigenvalue weighted by Gasteiger charge is 2.31. The summed E-state index contributed by atoms with van der Waals surface area (Å²) in [6.45, 7) is 4.49. The van der Waals surface area contributed by atoms with Crippen molar-refractivity contribution in [2.45, 2.75) is 50.7 Å². The molecule has 0 aromatic heterocycles. The molecule has 2 fully saturated rings. The van der Waals surface area contributed by atoms with Gasteiger partial charge in [-0.05, 0) is 56.0 Å². The highest BCUT2D eigenvalue weighted by Crippen LogP contribution is 2.28. The first-order chi connectivity index (χ1) is 9.88. The highest BCUT2D eigenvalue weighted by molar-refractivity contribution is 5.39. The summed E-state index contributed by atoms with van der Waals surface area (Å²) in [5.74, 6) is 1.09. The van der Waals surface area contributed by atoms with Crippen LogP contribution in [0.3, 0.4) is 0 Å². The second-order valence-corrected chi connectivity index (χ2v) is 6.47. The van der Waals surface area contributed by atoms with Crippen LogP contribution in [0.15, 0.2) is 18.2 Å². The quantitative estimate of drug-likeness (QED) is 0.914. The van der Waals surface area contributed by atoms with Crippen molar-refractivity contribution >= 4 is 0 Å². The summed E-state index contributed by atoms with van der Waals surface area (Å²) in [5.41, 5.74) is 2.79. The molecule has 108 valence electrons. The van der Waals surface area contributed by atoms with Crippen molar-refractivity contribution in [3.8, 4) is 5.75 Å². The molecule has 3 nitrogen and oxygen atoms in total. The van der Waals surface area contributed by atoms with E-state index >= 15 is 0 Å². The van der Waals surface area contributed by atoms with Gasteiger partial charge in [0.2, 0.25) is 0 Å². The number of nitrogens with zero attached hydrogens (tertiary/aromatic N) is 1. The lowest BCUT2D eigenvalue weighted by Gasteiger charge is -2.35. The molecule has 0 aliphatic carbocycles. The average molecular weight is 272 g/mol. The maximum Gasteiger partial charge on any atom is 0.122 e. The van der Waals surface area contributed by atoms with Crippen LogP contribution in [0.25, 0.3) is 0 Å². The molecule has 0 radical (unpaired) electrons. The lowest BCUT2D eigenvalue weighted by atomic mass is 9.97. The van der Waals surface area contributed by atoms with Crippen LogP contribution in [-0.2, 0) is 13.0 Å². The SMILES string of the molecule is c1cc2c(cc1CNC1CCN3CCCC3C1)CCO2. The predicted octanol–water partition coefficient (Wildman–Crippen LogP) is 2.34. The summed E-state index contributed by atoms with van der Waals surface area (Å²) in [5, 5.41) is 3.77. The predicted molar refractivity (Wildman–Crippen MR) is 80.1 cm³/mol. The molecule has 2 unspecified atom stereocenters. The number of piperidine rings is 1. The van der Waals surface area contributed by atoms with Gasteiger partial charge < -0.3 is 15.0 Å². The van der Waals surface area contributed by atoms with Gasteiger partial charge in [-0.1, -0.05) is 12.1 Å². The summed E-state index contributed by atoms with van der Waals surface area (Å²) in [6, 6.07) is 8.23. The smallest absolute Gasteiger partial charge is 0.122 e. The fourth-order valence-corrected chi connectivity index (χ4v) is 4.02. The molecule has 2 saturated heterocycles. The summed E-state index contributed by atoms with van der Waals surface area (Å²) in [7, 11) is 0. The first-order valence-electron chi connectivity index (χ1n) is 8.10. The Kier molecular flexibility index (Phi) is 3.41. The number of nitrogens with one attached hydrogen (secondary N) is 1. The molecule has 2 atom stereocenters. The third-order valence-corrected chi connectivity index (χ3v) is 5.17. The lowest BCUT2D eigenvalue weighted by Crippen LogP contribution is -2.45. The standard InChI is InChI=1S/C17H24N2O/c1-2-16-11-15(5-8-19(16)7-1)18-12-13-3-4-17-14(10-13)6-9-20-17/h3-4,10,15-16,18H,1-2,5-9,11-12H2. The van der Waals surface area contributed by atoms with E-state index in [1.54, 1.807) is 0 Å². The zero-order valence-electron chi connectivity index (χ0n) is 12.1. The zero-order chi connectivity index (χ0) is 13.4. The van der Waals surface area contributed by atoms with Gasteiger partial charge in [0, 0.05) is 25.0 Å². The molecule has 0 bridgehead atoms. The molecule has 0 spiro atoms. The van der Waals surface area contributed by atoms with Gasteiger partial charge in [-0.15, -0.1) is 0 Å².